The van der Waals surface area contributed by atoms with Crippen LogP contribution in [-0.2, 0) is 4.74 Å². The van der Waals surface area contributed by atoms with Gasteiger partial charge in [0.1, 0.15) is 0 Å². The lowest BCUT2D eigenvalue weighted by molar-refractivity contribution is 0.0378. The van der Waals surface area contributed by atoms with Crippen LogP contribution in [0.2, 0.25) is 0 Å². The van der Waals surface area contributed by atoms with Crippen molar-refractivity contribution in [3.8, 4) is 0 Å². The second-order valence-electron chi connectivity index (χ2n) is 4.01. The lowest BCUT2D eigenvalue weighted by atomic mass is 10.3. The van der Waals surface area contributed by atoms with Gasteiger partial charge in [-0.3, -0.25) is 4.90 Å². The first-order valence-electron chi connectivity index (χ1n) is 5.96. The summed E-state index contributed by atoms with van der Waals surface area (Å²) in [5.74, 6) is 0. The van der Waals surface area contributed by atoms with Crippen LogP contribution in [-0.4, -0.2) is 44.3 Å². The van der Waals surface area contributed by atoms with Crippen LogP contribution in [0.15, 0.2) is 24.3 Å². The monoisotopic (exact) mass is 219 g/mol. The Morgan fingerprint density at radius 3 is 2.94 bits per heavy atom. The highest BCUT2D eigenvalue weighted by Crippen LogP contribution is 2.04. The van der Waals surface area contributed by atoms with E-state index in [0.717, 1.165) is 45.1 Å². The molecule has 0 amide bonds. The van der Waals surface area contributed by atoms with E-state index in [1.54, 1.807) is 0 Å². The summed E-state index contributed by atoms with van der Waals surface area (Å²) in [7, 11) is 0. The number of hydrogen-bond donors (Lipinski definition) is 1. The van der Waals surface area contributed by atoms with Gasteiger partial charge in [-0.2, -0.15) is 0 Å². The van der Waals surface area contributed by atoms with Crippen molar-refractivity contribution in [3.63, 3.8) is 0 Å². The Hall–Kier alpha value is -1.06. The summed E-state index contributed by atoms with van der Waals surface area (Å²) in [5.41, 5.74) is 1.09. The SMILES string of the molecule is [c]1ccccc1NCCCN1CCOCC1. The van der Waals surface area contributed by atoms with Gasteiger partial charge in [0.05, 0.1) is 13.2 Å². The van der Waals surface area contributed by atoms with E-state index in [1.165, 1.54) is 6.42 Å². The highest BCUT2D eigenvalue weighted by atomic mass is 16.5. The maximum Gasteiger partial charge on any atom is 0.0594 e. The van der Waals surface area contributed by atoms with Crippen molar-refractivity contribution in [2.24, 2.45) is 0 Å². The lowest BCUT2D eigenvalue weighted by Gasteiger charge is -2.26. The first-order valence-corrected chi connectivity index (χ1v) is 5.96. The van der Waals surface area contributed by atoms with Crippen molar-refractivity contribution in [1.82, 2.24) is 4.90 Å². The molecule has 1 aromatic carbocycles. The average molecular weight is 219 g/mol. The Morgan fingerprint density at radius 2 is 2.19 bits per heavy atom. The Kier molecular flexibility index (Phi) is 4.65. The fourth-order valence-corrected chi connectivity index (χ4v) is 1.85. The van der Waals surface area contributed by atoms with Crippen LogP contribution < -0.4 is 5.32 Å². The summed E-state index contributed by atoms with van der Waals surface area (Å²) in [6, 6.07) is 11.2. The summed E-state index contributed by atoms with van der Waals surface area (Å²) < 4.78 is 5.31. The molecule has 0 aromatic heterocycles. The van der Waals surface area contributed by atoms with E-state index >= 15 is 0 Å². The molecule has 3 heteroatoms. The molecule has 1 aromatic rings. The predicted molar refractivity (Wildman–Crippen MR) is 65.6 cm³/mol. The van der Waals surface area contributed by atoms with Gasteiger partial charge in [0.2, 0.25) is 0 Å². The molecule has 87 valence electrons. The van der Waals surface area contributed by atoms with Gasteiger partial charge in [-0.25, -0.2) is 0 Å². The van der Waals surface area contributed by atoms with Crippen LogP contribution >= 0.6 is 0 Å². The molecule has 0 aliphatic carbocycles. The zero-order valence-corrected chi connectivity index (χ0v) is 9.61. The number of nitrogens with one attached hydrogen (secondary N) is 1. The largest absolute Gasteiger partial charge is 0.384 e. The van der Waals surface area contributed by atoms with Gasteiger partial charge >= 0.3 is 0 Å². The standard InChI is InChI=1S/C13H19N2O/c1-2-5-13(6-3-1)14-7-4-8-15-9-11-16-12-10-15/h1-3,5,14H,4,7-12H2. The van der Waals surface area contributed by atoms with Gasteiger partial charge in [-0.1, -0.05) is 18.2 Å². The maximum absolute atomic E-state index is 5.31. The topological polar surface area (TPSA) is 24.5 Å². The first-order chi connectivity index (χ1) is 7.95. The molecule has 0 spiro atoms. The summed E-state index contributed by atoms with van der Waals surface area (Å²) in [6.45, 7) is 6.11. The van der Waals surface area contributed by atoms with Gasteiger partial charge in [0.25, 0.3) is 0 Å². The van der Waals surface area contributed by atoms with Crippen LogP contribution in [0.3, 0.4) is 0 Å². The Labute approximate surface area is 97.4 Å². The molecule has 1 fully saturated rings. The molecule has 2 rings (SSSR count). The average Bonchev–Trinajstić information content (AvgIpc) is 2.37. The molecule has 1 radical (unpaired) electrons. The normalized spacial score (nSPS) is 17.2. The number of anilines is 1. The predicted octanol–water partition coefficient (Wildman–Crippen LogP) is 1.62. The van der Waals surface area contributed by atoms with Crippen molar-refractivity contribution in [1.29, 1.82) is 0 Å². The first kappa shape index (κ1) is 11.4. The van der Waals surface area contributed by atoms with Gasteiger partial charge in [0, 0.05) is 31.4 Å². The Bertz CT molecular complexity index is 283. The number of rotatable bonds is 5. The van der Waals surface area contributed by atoms with Crippen molar-refractivity contribution in [2.75, 3.05) is 44.7 Å². The molecule has 0 atom stereocenters. The third-order valence-corrected chi connectivity index (χ3v) is 2.78. The highest BCUT2D eigenvalue weighted by Gasteiger charge is 2.08. The smallest absolute Gasteiger partial charge is 0.0594 e. The molecular formula is C13H19N2O. The fourth-order valence-electron chi connectivity index (χ4n) is 1.85. The Morgan fingerprint density at radius 1 is 1.31 bits per heavy atom. The van der Waals surface area contributed by atoms with E-state index in [4.69, 9.17) is 4.74 Å². The molecule has 1 N–H and O–H groups in total. The minimum atomic E-state index is 0.889. The fraction of sp³-hybridized carbons (Fsp3) is 0.538. The van der Waals surface area contributed by atoms with Crippen LogP contribution in [0.25, 0.3) is 0 Å². The molecule has 16 heavy (non-hydrogen) atoms. The van der Waals surface area contributed by atoms with E-state index in [2.05, 4.69) is 22.3 Å². The van der Waals surface area contributed by atoms with E-state index in [9.17, 15) is 0 Å². The summed E-state index contributed by atoms with van der Waals surface area (Å²) in [6.07, 6.45) is 1.17. The molecule has 1 aliphatic rings. The molecule has 0 bridgehead atoms. The maximum atomic E-state index is 5.31. The van der Waals surface area contributed by atoms with Crippen molar-refractivity contribution < 1.29 is 4.74 Å². The van der Waals surface area contributed by atoms with E-state index in [0.29, 0.717) is 0 Å². The third kappa shape index (κ3) is 3.83. The summed E-state index contributed by atoms with van der Waals surface area (Å²) >= 11 is 0. The van der Waals surface area contributed by atoms with Crippen molar-refractivity contribution in [3.05, 3.63) is 30.3 Å². The van der Waals surface area contributed by atoms with Gasteiger partial charge in [0.15, 0.2) is 0 Å². The highest BCUT2D eigenvalue weighted by molar-refractivity contribution is 5.40. The van der Waals surface area contributed by atoms with Crippen molar-refractivity contribution in [2.45, 2.75) is 6.42 Å². The van der Waals surface area contributed by atoms with Gasteiger partial charge in [-0.05, 0) is 19.0 Å². The zero-order valence-electron chi connectivity index (χ0n) is 9.61. The molecular weight excluding hydrogens is 200 g/mol. The molecule has 1 saturated heterocycles. The van der Waals surface area contributed by atoms with Crippen LogP contribution in [0.4, 0.5) is 5.69 Å². The molecule has 3 nitrogen and oxygen atoms in total. The van der Waals surface area contributed by atoms with E-state index in [-0.39, 0.29) is 0 Å². The second-order valence-corrected chi connectivity index (χ2v) is 4.01. The molecule has 1 heterocycles. The zero-order chi connectivity index (χ0) is 11.1. The summed E-state index contributed by atoms with van der Waals surface area (Å²) in [4.78, 5) is 2.46. The van der Waals surface area contributed by atoms with Crippen LogP contribution in [0, 0.1) is 6.07 Å². The minimum absolute atomic E-state index is 0.889. The third-order valence-electron chi connectivity index (χ3n) is 2.78. The number of hydrogen-bond acceptors (Lipinski definition) is 3. The quantitative estimate of drug-likeness (QED) is 0.762. The number of ether oxygens (including phenoxy) is 1. The second kappa shape index (κ2) is 6.51. The van der Waals surface area contributed by atoms with Crippen LogP contribution in [0.5, 0.6) is 0 Å². The van der Waals surface area contributed by atoms with Gasteiger partial charge < -0.3 is 10.1 Å². The number of benzene rings is 1. The molecule has 0 saturated carbocycles. The number of morpholine rings is 1. The van der Waals surface area contributed by atoms with E-state index < -0.39 is 0 Å². The summed E-state index contributed by atoms with van der Waals surface area (Å²) in [5, 5.41) is 3.37. The number of para-hydroxylation sites is 1. The lowest BCUT2D eigenvalue weighted by Crippen LogP contribution is -2.37. The molecule has 0 unspecified atom stereocenters. The van der Waals surface area contributed by atoms with E-state index in [1.807, 2.05) is 18.2 Å². The minimum Gasteiger partial charge on any atom is -0.384 e. The Balaban J connectivity index is 1.58. The van der Waals surface area contributed by atoms with Crippen molar-refractivity contribution >= 4 is 5.69 Å². The molecule has 1 aliphatic heterocycles. The number of nitrogens with zero attached hydrogens (tertiary/aromatic N) is 1. The van der Waals surface area contributed by atoms with Gasteiger partial charge in [-0.15, -0.1) is 0 Å². The van der Waals surface area contributed by atoms with Crippen LogP contribution in [0.1, 0.15) is 6.42 Å².